The van der Waals surface area contributed by atoms with E-state index < -0.39 is 5.38 Å². The molecule has 1 heterocycles. The van der Waals surface area contributed by atoms with Gasteiger partial charge < -0.3 is 10.2 Å². The highest BCUT2D eigenvalue weighted by atomic mass is 35.5. The third kappa shape index (κ3) is 3.16. The molecule has 0 saturated carbocycles. The van der Waals surface area contributed by atoms with Crippen molar-refractivity contribution in [1.82, 2.24) is 10.2 Å². The fourth-order valence-electron chi connectivity index (χ4n) is 1.60. The zero-order chi connectivity index (χ0) is 9.84. The maximum Gasteiger partial charge on any atom is 0.237 e. The Morgan fingerprint density at radius 1 is 1.77 bits per heavy atom. The molecule has 0 spiro atoms. The van der Waals surface area contributed by atoms with Crippen molar-refractivity contribution in [3.8, 4) is 0 Å². The topological polar surface area (TPSA) is 32.3 Å². The van der Waals surface area contributed by atoms with Crippen molar-refractivity contribution in [1.29, 1.82) is 0 Å². The Bertz CT molecular complexity index is 184. The van der Waals surface area contributed by atoms with E-state index in [2.05, 4.69) is 17.3 Å². The molecule has 76 valence electrons. The molecule has 0 aromatic carbocycles. The smallest absolute Gasteiger partial charge is 0.237 e. The Hall–Kier alpha value is -0.280. The van der Waals surface area contributed by atoms with Crippen LogP contribution in [0.25, 0.3) is 0 Å². The normalized spacial score (nSPS) is 25.9. The first-order valence-electron chi connectivity index (χ1n) is 4.73. The quantitative estimate of drug-likeness (QED) is 0.691. The zero-order valence-electron chi connectivity index (χ0n) is 8.22. The number of likely N-dealkylation sites (N-methyl/N-ethyl adjacent to an activating group) is 1. The van der Waals surface area contributed by atoms with Crippen LogP contribution in [0.3, 0.4) is 0 Å². The molecular formula is C9H17ClN2O. The lowest BCUT2D eigenvalue weighted by Gasteiger charge is -2.19. The summed E-state index contributed by atoms with van der Waals surface area (Å²) in [6.45, 7) is 3.55. The second-order valence-corrected chi connectivity index (χ2v) is 4.29. The summed E-state index contributed by atoms with van der Waals surface area (Å²) in [6, 6.07) is 0.499. The molecule has 2 unspecified atom stereocenters. The fourth-order valence-corrected chi connectivity index (χ4v) is 1.67. The van der Waals surface area contributed by atoms with Crippen LogP contribution in [0.15, 0.2) is 0 Å². The minimum Gasteiger partial charge on any atom is -0.353 e. The van der Waals surface area contributed by atoms with Gasteiger partial charge in [-0.2, -0.15) is 0 Å². The number of carbonyl (C=O) groups excluding carboxylic acids is 1. The Morgan fingerprint density at radius 3 is 2.92 bits per heavy atom. The number of amides is 1. The van der Waals surface area contributed by atoms with E-state index >= 15 is 0 Å². The molecule has 3 nitrogen and oxygen atoms in total. The monoisotopic (exact) mass is 204 g/mol. The number of halogens is 1. The standard InChI is InChI=1S/C9H17ClN2O/c1-7(10)9(13)11-6-8-4-3-5-12(8)2/h7-8H,3-6H2,1-2H3,(H,11,13). The predicted molar refractivity (Wildman–Crippen MR) is 54.0 cm³/mol. The lowest BCUT2D eigenvalue weighted by atomic mass is 10.2. The van der Waals surface area contributed by atoms with Crippen LogP contribution in [0.4, 0.5) is 0 Å². The van der Waals surface area contributed by atoms with E-state index in [-0.39, 0.29) is 5.91 Å². The number of likely N-dealkylation sites (tertiary alicyclic amines) is 1. The molecule has 0 aliphatic carbocycles. The highest BCUT2D eigenvalue weighted by Gasteiger charge is 2.21. The molecule has 2 atom stereocenters. The van der Waals surface area contributed by atoms with E-state index in [4.69, 9.17) is 11.6 Å². The van der Waals surface area contributed by atoms with Gasteiger partial charge in [0.2, 0.25) is 5.91 Å². The van der Waals surface area contributed by atoms with Crippen LogP contribution in [0.1, 0.15) is 19.8 Å². The van der Waals surface area contributed by atoms with E-state index in [1.807, 2.05) is 0 Å². The average Bonchev–Trinajstić information content (AvgIpc) is 2.47. The second kappa shape index (κ2) is 4.82. The number of rotatable bonds is 3. The van der Waals surface area contributed by atoms with Gasteiger partial charge in [-0.05, 0) is 33.4 Å². The number of nitrogens with zero attached hydrogens (tertiary/aromatic N) is 1. The summed E-state index contributed by atoms with van der Waals surface area (Å²) in [5.74, 6) is -0.0676. The Morgan fingerprint density at radius 2 is 2.46 bits per heavy atom. The molecule has 1 N–H and O–H groups in total. The van der Waals surface area contributed by atoms with E-state index in [1.54, 1.807) is 6.92 Å². The van der Waals surface area contributed by atoms with Crippen molar-refractivity contribution in [2.45, 2.75) is 31.2 Å². The van der Waals surface area contributed by atoms with Gasteiger partial charge in [-0.1, -0.05) is 0 Å². The third-order valence-corrected chi connectivity index (χ3v) is 2.74. The SMILES string of the molecule is CC(Cl)C(=O)NCC1CCCN1C. The molecule has 1 aliphatic heterocycles. The van der Waals surface area contributed by atoms with Crippen molar-refractivity contribution < 1.29 is 4.79 Å². The molecule has 1 saturated heterocycles. The van der Waals surface area contributed by atoms with Gasteiger partial charge in [0.05, 0.1) is 0 Å². The highest BCUT2D eigenvalue weighted by molar-refractivity contribution is 6.30. The first-order valence-corrected chi connectivity index (χ1v) is 5.17. The Kier molecular flexibility index (Phi) is 4.00. The van der Waals surface area contributed by atoms with Crippen LogP contribution in [-0.4, -0.2) is 42.4 Å². The van der Waals surface area contributed by atoms with Gasteiger partial charge in [0.15, 0.2) is 0 Å². The molecule has 4 heteroatoms. The average molecular weight is 205 g/mol. The lowest BCUT2D eigenvalue weighted by molar-refractivity contribution is -0.120. The molecule has 1 amide bonds. The molecule has 0 aromatic heterocycles. The second-order valence-electron chi connectivity index (χ2n) is 3.64. The van der Waals surface area contributed by atoms with Crippen LogP contribution < -0.4 is 5.32 Å². The maximum absolute atomic E-state index is 11.1. The summed E-state index contributed by atoms with van der Waals surface area (Å²) >= 11 is 5.62. The van der Waals surface area contributed by atoms with Gasteiger partial charge in [0, 0.05) is 12.6 Å². The van der Waals surface area contributed by atoms with E-state index in [0.29, 0.717) is 6.04 Å². The maximum atomic E-state index is 11.1. The molecule has 1 rings (SSSR count). The number of hydrogen-bond acceptors (Lipinski definition) is 2. The van der Waals surface area contributed by atoms with Crippen LogP contribution in [0, 0.1) is 0 Å². The van der Waals surface area contributed by atoms with Crippen molar-refractivity contribution in [3.63, 3.8) is 0 Å². The van der Waals surface area contributed by atoms with Crippen molar-refractivity contribution in [3.05, 3.63) is 0 Å². The summed E-state index contributed by atoms with van der Waals surface area (Å²) in [5, 5.41) is 2.42. The van der Waals surface area contributed by atoms with Gasteiger partial charge in [-0.15, -0.1) is 11.6 Å². The van der Waals surface area contributed by atoms with E-state index in [9.17, 15) is 4.79 Å². The van der Waals surface area contributed by atoms with Crippen LogP contribution >= 0.6 is 11.6 Å². The van der Waals surface area contributed by atoms with Crippen LogP contribution in [0.5, 0.6) is 0 Å². The minimum absolute atomic E-state index is 0.0676. The van der Waals surface area contributed by atoms with Gasteiger partial charge in [0.1, 0.15) is 5.38 Å². The summed E-state index contributed by atoms with van der Waals surface area (Å²) in [5.41, 5.74) is 0. The van der Waals surface area contributed by atoms with Crippen LogP contribution in [0.2, 0.25) is 0 Å². The Balaban J connectivity index is 2.22. The molecular weight excluding hydrogens is 188 g/mol. The van der Waals surface area contributed by atoms with E-state index in [0.717, 1.165) is 13.1 Å². The highest BCUT2D eigenvalue weighted by Crippen LogP contribution is 2.13. The summed E-state index contributed by atoms with van der Waals surface area (Å²) in [6.07, 6.45) is 2.40. The van der Waals surface area contributed by atoms with Gasteiger partial charge in [-0.25, -0.2) is 0 Å². The predicted octanol–water partition coefficient (Wildman–Crippen LogP) is 0.824. The zero-order valence-corrected chi connectivity index (χ0v) is 8.97. The molecule has 0 radical (unpaired) electrons. The van der Waals surface area contributed by atoms with Crippen molar-refractivity contribution in [2.75, 3.05) is 20.1 Å². The first kappa shape index (κ1) is 10.8. The van der Waals surface area contributed by atoms with Gasteiger partial charge in [-0.3, -0.25) is 4.79 Å². The van der Waals surface area contributed by atoms with Gasteiger partial charge in [0.25, 0.3) is 0 Å². The molecule has 1 fully saturated rings. The largest absolute Gasteiger partial charge is 0.353 e. The molecule has 1 aliphatic rings. The van der Waals surface area contributed by atoms with Crippen molar-refractivity contribution >= 4 is 17.5 Å². The minimum atomic E-state index is -0.424. The van der Waals surface area contributed by atoms with Gasteiger partial charge >= 0.3 is 0 Å². The molecule has 0 aromatic rings. The lowest BCUT2D eigenvalue weighted by Crippen LogP contribution is -2.40. The Labute approximate surface area is 84.4 Å². The molecule has 0 bridgehead atoms. The number of hydrogen-bond donors (Lipinski definition) is 1. The van der Waals surface area contributed by atoms with E-state index in [1.165, 1.54) is 12.8 Å². The number of alkyl halides is 1. The number of nitrogens with one attached hydrogen (secondary N) is 1. The summed E-state index contributed by atoms with van der Waals surface area (Å²) in [7, 11) is 2.09. The fraction of sp³-hybridized carbons (Fsp3) is 0.889. The molecule has 13 heavy (non-hydrogen) atoms. The summed E-state index contributed by atoms with van der Waals surface area (Å²) in [4.78, 5) is 13.4. The van der Waals surface area contributed by atoms with Crippen LogP contribution in [-0.2, 0) is 4.79 Å². The first-order chi connectivity index (χ1) is 6.11. The number of carbonyl (C=O) groups is 1. The summed E-state index contributed by atoms with van der Waals surface area (Å²) < 4.78 is 0. The van der Waals surface area contributed by atoms with Crippen molar-refractivity contribution in [2.24, 2.45) is 0 Å². The third-order valence-electron chi connectivity index (χ3n) is 2.54.